The minimum atomic E-state index is -1.06. The van der Waals surface area contributed by atoms with Crippen molar-refractivity contribution in [3.8, 4) is 0 Å². The van der Waals surface area contributed by atoms with E-state index in [0.29, 0.717) is 16.9 Å². The Morgan fingerprint density at radius 1 is 1.03 bits per heavy atom. The van der Waals surface area contributed by atoms with Crippen LogP contribution in [-0.4, -0.2) is 42.0 Å². The molecule has 2 aromatic carbocycles. The smallest absolute Gasteiger partial charge is 0.329 e. The van der Waals surface area contributed by atoms with Crippen LogP contribution in [0.2, 0.25) is 0 Å². The van der Waals surface area contributed by atoms with Gasteiger partial charge in [0.05, 0.1) is 11.3 Å². The number of carbonyl (C=O) groups excluding carboxylic acids is 5. The van der Waals surface area contributed by atoms with Gasteiger partial charge in [-0.15, -0.1) is 0 Å². The first-order valence-electron chi connectivity index (χ1n) is 8.84. The summed E-state index contributed by atoms with van der Waals surface area (Å²) in [6.07, 6.45) is 0. The lowest BCUT2D eigenvalue weighted by atomic mass is 10.1. The van der Waals surface area contributed by atoms with E-state index in [0.717, 1.165) is 4.90 Å². The highest BCUT2D eigenvalue weighted by Gasteiger charge is 2.41. The van der Waals surface area contributed by atoms with Gasteiger partial charge in [-0.05, 0) is 43.3 Å². The highest BCUT2D eigenvalue weighted by atomic mass is 16.5. The lowest BCUT2D eigenvalue weighted by Crippen LogP contribution is -2.43. The molecule has 8 heteroatoms. The monoisotopic (exact) mass is 394 g/mol. The molecular weight excluding hydrogens is 376 g/mol. The standard InChI is InChI=1S/C21H18N2O6/c1-12(23-17-6-4-3-5-16(17)19(26)20(23)27)21(28)29-11-18(25)14-7-9-15(10-8-14)22-13(2)24/h3-10,12H,11H2,1-2H3,(H,22,24)/t12-/m1/s1. The Bertz CT molecular complexity index is 1010. The summed E-state index contributed by atoms with van der Waals surface area (Å²) in [5.41, 5.74) is 1.41. The van der Waals surface area contributed by atoms with E-state index in [1.54, 1.807) is 30.3 Å². The van der Waals surface area contributed by atoms with Crippen LogP contribution in [0.3, 0.4) is 0 Å². The molecule has 0 unspecified atom stereocenters. The Morgan fingerprint density at radius 2 is 1.69 bits per heavy atom. The summed E-state index contributed by atoms with van der Waals surface area (Å²) >= 11 is 0. The van der Waals surface area contributed by atoms with E-state index >= 15 is 0 Å². The third-order valence-corrected chi connectivity index (χ3v) is 4.42. The number of anilines is 2. The molecule has 2 aromatic rings. The molecule has 2 amide bonds. The van der Waals surface area contributed by atoms with E-state index in [1.165, 1.54) is 32.0 Å². The number of para-hydroxylation sites is 1. The van der Waals surface area contributed by atoms with Gasteiger partial charge in [0.1, 0.15) is 6.04 Å². The zero-order valence-corrected chi connectivity index (χ0v) is 15.8. The molecule has 0 saturated carbocycles. The average molecular weight is 394 g/mol. The fourth-order valence-corrected chi connectivity index (χ4v) is 2.98. The molecule has 1 aliphatic rings. The summed E-state index contributed by atoms with van der Waals surface area (Å²) in [6.45, 7) is 2.29. The van der Waals surface area contributed by atoms with Crippen molar-refractivity contribution in [2.75, 3.05) is 16.8 Å². The van der Waals surface area contributed by atoms with Crippen molar-refractivity contribution in [1.82, 2.24) is 0 Å². The third-order valence-electron chi connectivity index (χ3n) is 4.42. The Morgan fingerprint density at radius 3 is 2.34 bits per heavy atom. The maximum absolute atomic E-state index is 12.4. The number of esters is 1. The van der Waals surface area contributed by atoms with E-state index < -0.39 is 36.1 Å². The van der Waals surface area contributed by atoms with Crippen molar-refractivity contribution in [2.45, 2.75) is 19.9 Å². The Balaban J connectivity index is 1.63. The van der Waals surface area contributed by atoms with Crippen LogP contribution >= 0.6 is 0 Å². The molecule has 8 nitrogen and oxygen atoms in total. The second-order valence-corrected chi connectivity index (χ2v) is 6.49. The number of amides is 2. The molecule has 29 heavy (non-hydrogen) atoms. The molecule has 1 N–H and O–H groups in total. The van der Waals surface area contributed by atoms with Crippen LogP contribution in [0.1, 0.15) is 34.6 Å². The highest BCUT2D eigenvalue weighted by molar-refractivity contribution is 6.52. The molecule has 3 rings (SSSR count). The molecule has 0 aliphatic carbocycles. The van der Waals surface area contributed by atoms with Crippen LogP contribution in [0, 0.1) is 0 Å². The number of ketones is 2. The molecular formula is C21H18N2O6. The number of Topliss-reactive ketones (excluding diaryl/α,β-unsaturated/α-hetero) is 2. The molecule has 0 bridgehead atoms. The molecule has 0 fully saturated rings. The van der Waals surface area contributed by atoms with Gasteiger partial charge in [-0.25, -0.2) is 4.79 Å². The predicted octanol–water partition coefficient (Wildman–Crippen LogP) is 1.99. The van der Waals surface area contributed by atoms with Crippen LogP contribution < -0.4 is 10.2 Å². The SMILES string of the molecule is CC(=O)Nc1ccc(C(=O)COC(=O)[C@@H](C)N2C(=O)C(=O)c3ccccc32)cc1. The van der Waals surface area contributed by atoms with Crippen molar-refractivity contribution in [3.05, 3.63) is 59.7 Å². The molecule has 0 aromatic heterocycles. The van der Waals surface area contributed by atoms with Gasteiger partial charge < -0.3 is 10.1 Å². The average Bonchev–Trinajstić information content (AvgIpc) is 2.96. The molecule has 0 saturated heterocycles. The Hall–Kier alpha value is -3.81. The largest absolute Gasteiger partial charge is 0.456 e. The molecule has 148 valence electrons. The summed E-state index contributed by atoms with van der Waals surface area (Å²) in [4.78, 5) is 61.0. The predicted molar refractivity (Wildman–Crippen MR) is 104 cm³/mol. The maximum Gasteiger partial charge on any atom is 0.329 e. The van der Waals surface area contributed by atoms with Gasteiger partial charge in [-0.1, -0.05) is 12.1 Å². The van der Waals surface area contributed by atoms with Crippen molar-refractivity contribution in [1.29, 1.82) is 0 Å². The van der Waals surface area contributed by atoms with Crippen LogP contribution in [0.25, 0.3) is 0 Å². The summed E-state index contributed by atoms with van der Waals surface area (Å²) in [5.74, 6) is -2.97. The maximum atomic E-state index is 12.4. The van der Waals surface area contributed by atoms with Crippen molar-refractivity contribution in [2.24, 2.45) is 0 Å². The van der Waals surface area contributed by atoms with Crippen LogP contribution in [-0.2, 0) is 19.1 Å². The van der Waals surface area contributed by atoms with E-state index in [9.17, 15) is 24.0 Å². The second kappa shape index (κ2) is 8.05. The zero-order chi connectivity index (χ0) is 21.1. The van der Waals surface area contributed by atoms with Crippen LogP contribution in [0.5, 0.6) is 0 Å². The zero-order valence-electron chi connectivity index (χ0n) is 15.8. The minimum absolute atomic E-state index is 0.229. The second-order valence-electron chi connectivity index (χ2n) is 6.49. The molecule has 1 aliphatic heterocycles. The van der Waals surface area contributed by atoms with Gasteiger partial charge in [0.2, 0.25) is 5.91 Å². The number of carbonyl (C=O) groups is 5. The number of benzene rings is 2. The van der Waals surface area contributed by atoms with E-state index in [1.807, 2.05) is 0 Å². The van der Waals surface area contributed by atoms with Gasteiger partial charge in [0.25, 0.3) is 11.7 Å². The minimum Gasteiger partial charge on any atom is -0.456 e. The number of fused-ring (bicyclic) bond motifs is 1. The van der Waals surface area contributed by atoms with Gasteiger partial charge in [0.15, 0.2) is 12.4 Å². The van der Waals surface area contributed by atoms with Gasteiger partial charge in [-0.3, -0.25) is 24.1 Å². The van der Waals surface area contributed by atoms with Gasteiger partial charge >= 0.3 is 5.97 Å². The van der Waals surface area contributed by atoms with Crippen LogP contribution in [0.15, 0.2) is 48.5 Å². The normalized spacial score (nSPS) is 13.7. The number of nitrogens with zero attached hydrogens (tertiary/aromatic N) is 1. The fourth-order valence-electron chi connectivity index (χ4n) is 2.98. The number of hydrogen-bond donors (Lipinski definition) is 1. The van der Waals surface area contributed by atoms with Crippen molar-refractivity contribution >= 4 is 40.7 Å². The quantitative estimate of drug-likeness (QED) is 0.456. The van der Waals surface area contributed by atoms with Gasteiger partial charge in [-0.2, -0.15) is 0 Å². The fraction of sp³-hybridized carbons (Fsp3) is 0.190. The van der Waals surface area contributed by atoms with E-state index in [2.05, 4.69) is 5.32 Å². The first kappa shape index (κ1) is 19.9. The van der Waals surface area contributed by atoms with Crippen molar-refractivity contribution < 1.29 is 28.7 Å². The summed E-state index contributed by atoms with van der Waals surface area (Å²) < 4.78 is 5.06. The Labute approximate surface area is 166 Å². The summed E-state index contributed by atoms with van der Waals surface area (Å²) in [7, 11) is 0. The number of ether oxygens (including phenoxy) is 1. The van der Waals surface area contributed by atoms with E-state index in [-0.39, 0.29) is 11.5 Å². The number of rotatable bonds is 6. The summed E-state index contributed by atoms with van der Waals surface area (Å²) in [6, 6.07) is 11.4. The molecule has 0 spiro atoms. The highest BCUT2D eigenvalue weighted by Crippen LogP contribution is 2.30. The van der Waals surface area contributed by atoms with Gasteiger partial charge in [0, 0.05) is 18.2 Å². The molecule has 1 atom stereocenters. The van der Waals surface area contributed by atoms with E-state index in [4.69, 9.17) is 4.74 Å². The topological polar surface area (TPSA) is 110 Å². The molecule has 0 radical (unpaired) electrons. The lowest BCUT2D eigenvalue weighted by molar-refractivity contribution is -0.144. The van der Waals surface area contributed by atoms with Crippen LogP contribution in [0.4, 0.5) is 11.4 Å². The number of nitrogens with one attached hydrogen (secondary N) is 1. The number of hydrogen-bond acceptors (Lipinski definition) is 6. The molecule has 1 heterocycles. The lowest BCUT2D eigenvalue weighted by Gasteiger charge is -2.22. The third kappa shape index (κ3) is 4.06. The van der Waals surface area contributed by atoms with Crippen molar-refractivity contribution in [3.63, 3.8) is 0 Å². The summed E-state index contributed by atoms with van der Waals surface area (Å²) in [5, 5.41) is 2.58. The first-order chi connectivity index (χ1) is 13.8. The first-order valence-corrected chi connectivity index (χ1v) is 8.84. The Kier molecular flexibility index (Phi) is 5.54.